The molecule has 0 aromatic heterocycles. The summed E-state index contributed by atoms with van der Waals surface area (Å²) in [5, 5.41) is 9.40. The molecule has 1 heterocycles. The van der Waals surface area contributed by atoms with Gasteiger partial charge in [-0.25, -0.2) is 0 Å². The van der Waals surface area contributed by atoms with Gasteiger partial charge >= 0.3 is 5.97 Å². The van der Waals surface area contributed by atoms with Gasteiger partial charge in [-0.15, -0.1) is 0 Å². The fourth-order valence-electron chi connectivity index (χ4n) is 1.88. The predicted octanol–water partition coefficient (Wildman–Crippen LogP) is 1.30. The molecule has 1 saturated heterocycles. The van der Waals surface area contributed by atoms with Crippen molar-refractivity contribution in [3.8, 4) is 0 Å². The zero-order chi connectivity index (χ0) is 12.4. The molecule has 1 fully saturated rings. The van der Waals surface area contributed by atoms with Gasteiger partial charge in [-0.05, 0) is 12.1 Å². The van der Waals surface area contributed by atoms with Gasteiger partial charge in [0.1, 0.15) is 5.92 Å². The molecular formula is C12H11ClO4. The molecule has 5 heteroatoms. The first-order valence-electron chi connectivity index (χ1n) is 5.21. The molecule has 0 amide bonds. The van der Waals surface area contributed by atoms with Crippen LogP contribution in [-0.2, 0) is 9.53 Å². The fraction of sp³-hybridized carbons (Fsp3) is 0.333. The van der Waals surface area contributed by atoms with Gasteiger partial charge < -0.3 is 9.84 Å². The molecule has 0 aliphatic carbocycles. The molecule has 0 spiro atoms. The number of benzene rings is 1. The van der Waals surface area contributed by atoms with Gasteiger partial charge in [-0.3, -0.25) is 9.59 Å². The van der Waals surface area contributed by atoms with Gasteiger partial charge in [0, 0.05) is 11.5 Å². The Morgan fingerprint density at radius 3 is 2.82 bits per heavy atom. The number of ether oxygens (including phenoxy) is 1. The summed E-state index contributed by atoms with van der Waals surface area (Å²) in [6, 6.07) is 6.52. The second-order valence-electron chi connectivity index (χ2n) is 3.89. The molecule has 1 aromatic rings. The van der Waals surface area contributed by atoms with Crippen molar-refractivity contribution >= 4 is 23.4 Å². The van der Waals surface area contributed by atoms with Crippen molar-refractivity contribution in [2.24, 2.45) is 11.8 Å². The summed E-state index contributed by atoms with van der Waals surface area (Å²) in [7, 11) is 0. The van der Waals surface area contributed by atoms with Crippen LogP contribution in [0, 0.1) is 11.8 Å². The van der Waals surface area contributed by atoms with E-state index in [1.54, 1.807) is 24.3 Å². The van der Waals surface area contributed by atoms with Crippen LogP contribution < -0.4 is 0 Å². The largest absolute Gasteiger partial charge is 0.465 e. The van der Waals surface area contributed by atoms with Crippen LogP contribution in [0.15, 0.2) is 24.3 Å². The summed E-state index contributed by atoms with van der Waals surface area (Å²) in [5.74, 6) is -2.41. The molecule has 1 N–H and O–H groups in total. The Labute approximate surface area is 103 Å². The molecule has 2 rings (SSSR count). The molecule has 0 radical (unpaired) electrons. The summed E-state index contributed by atoms with van der Waals surface area (Å²) < 4.78 is 4.79. The molecule has 1 aliphatic rings. The monoisotopic (exact) mass is 254 g/mol. The minimum Gasteiger partial charge on any atom is -0.465 e. The third-order valence-corrected chi connectivity index (χ3v) is 3.15. The first-order valence-corrected chi connectivity index (χ1v) is 5.59. The van der Waals surface area contributed by atoms with Crippen molar-refractivity contribution in [1.82, 2.24) is 0 Å². The van der Waals surface area contributed by atoms with Crippen molar-refractivity contribution < 1.29 is 19.4 Å². The van der Waals surface area contributed by atoms with Crippen molar-refractivity contribution in [3.63, 3.8) is 0 Å². The minimum atomic E-state index is -0.945. The highest BCUT2D eigenvalue weighted by atomic mass is 35.5. The number of hydrogen-bond donors (Lipinski definition) is 1. The first kappa shape index (κ1) is 12.1. The number of ketones is 1. The normalized spacial score (nSPS) is 23.5. The zero-order valence-corrected chi connectivity index (χ0v) is 9.68. The smallest absolute Gasteiger partial charge is 0.317 e. The Kier molecular flexibility index (Phi) is 3.45. The third kappa shape index (κ3) is 2.18. The number of halogens is 1. The number of esters is 1. The Balaban J connectivity index is 2.31. The standard InChI is InChI=1S/C12H11ClO4/c13-9-4-2-1-3-8(9)11(15)10-7(5-14)6-17-12(10)16/h1-4,7,10,14H,5-6H2. The van der Waals surface area contributed by atoms with E-state index in [1.807, 2.05) is 0 Å². The van der Waals surface area contributed by atoms with Crippen LogP contribution in [0.1, 0.15) is 10.4 Å². The van der Waals surface area contributed by atoms with E-state index in [-0.39, 0.29) is 18.8 Å². The lowest BCUT2D eigenvalue weighted by molar-refractivity contribution is -0.140. The van der Waals surface area contributed by atoms with Crippen molar-refractivity contribution in [3.05, 3.63) is 34.9 Å². The summed E-state index contributed by atoms with van der Waals surface area (Å²) in [6.45, 7) is -0.178. The van der Waals surface area contributed by atoms with Crippen molar-refractivity contribution in [2.75, 3.05) is 13.2 Å². The van der Waals surface area contributed by atoms with Crippen LogP contribution in [0.25, 0.3) is 0 Å². The van der Waals surface area contributed by atoms with Crippen LogP contribution >= 0.6 is 11.6 Å². The third-order valence-electron chi connectivity index (χ3n) is 2.82. The Hall–Kier alpha value is -1.39. The van der Waals surface area contributed by atoms with E-state index in [4.69, 9.17) is 21.4 Å². The topological polar surface area (TPSA) is 63.6 Å². The van der Waals surface area contributed by atoms with Crippen molar-refractivity contribution in [1.29, 1.82) is 0 Å². The van der Waals surface area contributed by atoms with Crippen LogP contribution in [-0.4, -0.2) is 30.1 Å². The van der Waals surface area contributed by atoms with E-state index >= 15 is 0 Å². The fourth-order valence-corrected chi connectivity index (χ4v) is 2.10. The highest BCUT2D eigenvalue weighted by Gasteiger charge is 2.42. The molecule has 4 nitrogen and oxygen atoms in total. The molecule has 2 unspecified atom stereocenters. The number of aliphatic hydroxyl groups is 1. The molecule has 17 heavy (non-hydrogen) atoms. The highest BCUT2D eigenvalue weighted by Crippen LogP contribution is 2.28. The highest BCUT2D eigenvalue weighted by molar-refractivity contribution is 6.34. The predicted molar refractivity (Wildman–Crippen MR) is 60.8 cm³/mol. The second-order valence-corrected chi connectivity index (χ2v) is 4.30. The van der Waals surface area contributed by atoms with Gasteiger partial charge in [-0.2, -0.15) is 0 Å². The Morgan fingerprint density at radius 1 is 1.47 bits per heavy atom. The molecule has 1 aliphatic heterocycles. The second kappa shape index (κ2) is 4.85. The van der Waals surface area contributed by atoms with E-state index in [1.165, 1.54) is 0 Å². The summed E-state index contributed by atoms with van der Waals surface area (Å²) in [4.78, 5) is 23.6. The number of carbonyl (C=O) groups is 2. The minimum absolute atomic E-state index is 0.0796. The lowest BCUT2D eigenvalue weighted by Crippen LogP contribution is -2.28. The maximum absolute atomic E-state index is 12.2. The van der Waals surface area contributed by atoms with E-state index in [0.717, 1.165) is 0 Å². The van der Waals surface area contributed by atoms with Gasteiger partial charge in [0.2, 0.25) is 0 Å². The molecule has 0 saturated carbocycles. The lowest BCUT2D eigenvalue weighted by atomic mass is 9.88. The number of cyclic esters (lactones) is 1. The summed E-state index contributed by atoms with van der Waals surface area (Å²) in [5.41, 5.74) is 0.288. The van der Waals surface area contributed by atoms with Gasteiger partial charge in [-0.1, -0.05) is 23.7 Å². The van der Waals surface area contributed by atoms with E-state index in [0.29, 0.717) is 5.02 Å². The van der Waals surface area contributed by atoms with Crippen LogP contribution in [0.3, 0.4) is 0 Å². The van der Waals surface area contributed by atoms with Gasteiger partial charge in [0.25, 0.3) is 0 Å². The van der Waals surface area contributed by atoms with E-state index < -0.39 is 23.6 Å². The zero-order valence-electron chi connectivity index (χ0n) is 8.93. The molecule has 2 atom stereocenters. The first-order chi connectivity index (χ1) is 8.15. The van der Waals surface area contributed by atoms with Crippen LogP contribution in [0.2, 0.25) is 5.02 Å². The number of carbonyl (C=O) groups excluding carboxylic acids is 2. The lowest BCUT2D eigenvalue weighted by Gasteiger charge is -2.12. The van der Waals surface area contributed by atoms with E-state index in [2.05, 4.69) is 0 Å². The van der Waals surface area contributed by atoms with Gasteiger partial charge in [0.15, 0.2) is 5.78 Å². The van der Waals surface area contributed by atoms with Gasteiger partial charge in [0.05, 0.1) is 18.2 Å². The number of hydrogen-bond acceptors (Lipinski definition) is 4. The maximum atomic E-state index is 12.2. The number of rotatable bonds is 3. The maximum Gasteiger partial charge on any atom is 0.317 e. The quantitative estimate of drug-likeness (QED) is 0.502. The molecule has 0 bridgehead atoms. The van der Waals surface area contributed by atoms with Crippen LogP contribution in [0.4, 0.5) is 0 Å². The summed E-state index contributed by atoms with van der Waals surface area (Å²) >= 11 is 5.90. The molecule has 1 aromatic carbocycles. The SMILES string of the molecule is O=C1OCC(CO)C1C(=O)c1ccccc1Cl. The molecular weight excluding hydrogens is 244 g/mol. The average molecular weight is 255 g/mol. The number of aliphatic hydroxyl groups excluding tert-OH is 1. The average Bonchev–Trinajstić information content (AvgIpc) is 2.70. The molecule has 90 valence electrons. The Morgan fingerprint density at radius 2 is 2.18 bits per heavy atom. The number of Topliss-reactive ketones (excluding diaryl/α,β-unsaturated/α-hetero) is 1. The Bertz CT molecular complexity index is 458. The van der Waals surface area contributed by atoms with Crippen molar-refractivity contribution in [2.45, 2.75) is 0 Å². The van der Waals surface area contributed by atoms with E-state index in [9.17, 15) is 9.59 Å². The van der Waals surface area contributed by atoms with Crippen LogP contribution in [0.5, 0.6) is 0 Å². The summed E-state index contributed by atoms with van der Waals surface area (Å²) in [6.07, 6.45) is 0.